The fourth-order valence-electron chi connectivity index (χ4n) is 1.55. The number of carbonyl (C=O) groups excluding carboxylic acids is 2. The van der Waals surface area contributed by atoms with Crippen LogP contribution in [0, 0.1) is 0 Å². The molecule has 0 saturated heterocycles. The van der Waals surface area contributed by atoms with Gasteiger partial charge < -0.3 is 9.47 Å². The molecule has 0 aromatic carbocycles. The summed E-state index contributed by atoms with van der Waals surface area (Å²) >= 11 is 0. The van der Waals surface area contributed by atoms with Crippen LogP contribution in [-0.4, -0.2) is 49.7 Å². The third kappa shape index (κ3) is 6.26. The third-order valence-corrected chi connectivity index (χ3v) is 2.34. The Morgan fingerprint density at radius 2 is 1.71 bits per heavy atom. The lowest BCUT2D eigenvalue weighted by Crippen LogP contribution is -2.42. The summed E-state index contributed by atoms with van der Waals surface area (Å²) in [4.78, 5) is 24.7. The minimum atomic E-state index is -0.371. The van der Waals surface area contributed by atoms with Gasteiger partial charge in [-0.15, -0.1) is 0 Å². The van der Waals surface area contributed by atoms with E-state index in [1.54, 1.807) is 25.8 Å². The molecule has 0 spiro atoms. The largest absolute Gasteiger partial charge is 0.465 e. The first-order valence-electron chi connectivity index (χ1n) is 6.09. The SMILES string of the molecule is CCCC(C(=O)OCC)N(C)CC(=O)OCC. The minimum absolute atomic E-state index is 0.108. The predicted octanol–water partition coefficient (Wildman–Crippen LogP) is 1.21. The lowest BCUT2D eigenvalue weighted by Gasteiger charge is -2.24. The number of rotatable bonds is 8. The molecule has 0 radical (unpaired) electrons. The summed E-state index contributed by atoms with van der Waals surface area (Å²) in [6.45, 7) is 6.33. The summed E-state index contributed by atoms with van der Waals surface area (Å²) in [5.74, 6) is -0.596. The summed E-state index contributed by atoms with van der Waals surface area (Å²) in [6.07, 6.45) is 1.53. The minimum Gasteiger partial charge on any atom is -0.465 e. The highest BCUT2D eigenvalue weighted by Crippen LogP contribution is 2.07. The van der Waals surface area contributed by atoms with Crippen molar-refractivity contribution >= 4 is 11.9 Å². The van der Waals surface area contributed by atoms with Gasteiger partial charge in [-0.05, 0) is 27.3 Å². The summed E-state index contributed by atoms with van der Waals surface area (Å²) in [6, 6.07) is -0.371. The number of carbonyl (C=O) groups is 2. The van der Waals surface area contributed by atoms with Crippen LogP contribution in [-0.2, 0) is 19.1 Å². The van der Waals surface area contributed by atoms with Crippen molar-refractivity contribution in [3.8, 4) is 0 Å². The van der Waals surface area contributed by atoms with E-state index < -0.39 is 0 Å². The van der Waals surface area contributed by atoms with Crippen molar-refractivity contribution in [2.24, 2.45) is 0 Å². The fraction of sp³-hybridized carbons (Fsp3) is 0.833. The van der Waals surface area contributed by atoms with Crippen molar-refractivity contribution in [1.82, 2.24) is 4.90 Å². The van der Waals surface area contributed by atoms with E-state index in [1.165, 1.54) is 0 Å². The standard InChI is InChI=1S/C12H23NO4/c1-5-8-10(12(15)17-7-3)13(4)9-11(14)16-6-2/h10H,5-9H2,1-4H3. The Balaban J connectivity index is 4.37. The van der Waals surface area contributed by atoms with E-state index in [0.717, 1.165) is 6.42 Å². The normalized spacial score (nSPS) is 12.3. The highest BCUT2D eigenvalue weighted by molar-refractivity contribution is 5.77. The summed E-state index contributed by atoms with van der Waals surface area (Å²) in [5, 5.41) is 0. The molecule has 0 aliphatic rings. The molecule has 0 rings (SSSR count). The van der Waals surface area contributed by atoms with Crippen LogP contribution in [0.15, 0.2) is 0 Å². The van der Waals surface area contributed by atoms with Crippen LogP contribution in [0.2, 0.25) is 0 Å². The van der Waals surface area contributed by atoms with Gasteiger partial charge in [0.15, 0.2) is 0 Å². The quantitative estimate of drug-likeness (QED) is 0.602. The van der Waals surface area contributed by atoms with Crippen LogP contribution in [0.25, 0.3) is 0 Å². The maximum Gasteiger partial charge on any atom is 0.323 e. The number of hydrogen-bond donors (Lipinski definition) is 0. The fourth-order valence-corrected chi connectivity index (χ4v) is 1.55. The zero-order valence-electron chi connectivity index (χ0n) is 11.2. The molecule has 5 nitrogen and oxygen atoms in total. The maximum atomic E-state index is 11.7. The number of nitrogens with zero attached hydrogens (tertiary/aromatic N) is 1. The zero-order chi connectivity index (χ0) is 13.3. The molecule has 0 amide bonds. The molecule has 0 N–H and O–H groups in total. The Labute approximate surface area is 103 Å². The summed E-state index contributed by atoms with van der Waals surface area (Å²) in [5.41, 5.74) is 0. The molecule has 0 aromatic rings. The van der Waals surface area contributed by atoms with Gasteiger partial charge in [-0.25, -0.2) is 0 Å². The summed E-state index contributed by atoms with van der Waals surface area (Å²) in [7, 11) is 1.73. The highest BCUT2D eigenvalue weighted by Gasteiger charge is 2.25. The van der Waals surface area contributed by atoms with Crippen molar-refractivity contribution in [1.29, 1.82) is 0 Å². The van der Waals surface area contributed by atoms with Gasteiger partial charge in [0.1, 0.15) is 6.04 Å². The van der Waals surface area contributed by atoms with Gasteiger partial charge in [0.2, 0.25) is 0 Å². The average molecular weight is 245 g/mol. The van der Waals surface area contributed by atoms with Crippen molar-refractivity contribution in [2.75, 3.05) is 26.8 Å². The van der Waals surface area contributed by atoms with Gasteiger partial charge >= 0.3 is 11.9 Å². The van der Waals surface area contributed by atoms with Crippen molar-refractivity contribution in [2.45, 2.75) is 39.7 Å². The van der Waals surface area contributed by atoms with Crippen LogP contribution in [0.5, 0.6) is 0 Å². The number of likely N-dealkylation sites (N-methyl/N-ethyl adjacent to an activating group) is 1. The van der Waals surface area contributed by atoms with Gasteiger partial charge in [0.25, 0.3) is 0 Å². The van der Waals surface area contributed by atoms with Crippen LogP contribution >= 0.6 is 0 Å². The molecule has 0 heterocycles. The lowest BCUT2D eigenvalue weighted by atomic mass is 10.1. The molecular formula is C12H23NO4. The van der Waals surface area contributed by atoms with E-state index >= 15 is 0 Å². The molecule has 0 bridgehead atoms. The molecule has 17 heavy (non-hydrogen) atoms. The van der Waals surface area contributed by atoms with E-state index in [1.807, 2.05) is 6.92 Å². The van der Waals surface area contributed by atoms with Crippen LogP contribution < -0.4 is 0 Å². The molecule has 100 valence electrons. The van der Waals surface area contributed by atoms with E-state index in [2.05, 4.69) is 0 Å². The third-order valence-electron chi connectivity index (χ3n) is 2.34. The van der Waals surface area contributed by atoms with Gasteiger partial charge in [0.05, 0.1) is 19.8 Å². The Morgan fingerprint density at radius 1 is 1.12 bits per heavy atom. The Bertz CT molecular complexity index is 243. The molecule has 0 aliphatic heterocycles. The van der Waals surface area contributed by atoms with Crippen LogP contribution in [0.4, 0.5) is 0 Å². The number of esters is 2. The van der Waals surface area contributed by atoms with Gasteiger partial charge in [0, 0.05) is 0 Å². The molecule has 1 atom stereocenters. The Kier molecular flexibility index (Phi) is 8.40. The second-order valence-corrected chi connectivity index (χ2v) is 3.78. The van der Waals surface area contributed by atoms with Crippen LogP contribution in [0.1, 0.15) is 33.6 Å². The molecule has 0 aliphatic carbocycles. The van der Waals surface area contributed by atoms with E-state index in [9.17, 15) is 9.59 Å². The van der Waals surface area contributed by atoms with Crippen LogP contribution in [0.3, 0.4) is 0 Å². The average Bonchev–Trinajstić information content (AvgIpc) is 2.26. The second kappa shape index (κ2) is 8.98. The first-order chi connectivity index (χ1) is 8.06. The molecular weight excluding hydrogens is 222 g/mol. The number of hydrogen-bond acceptors (Lipinski definition) is 5. The molecule has 0 fully saturated rings. The van der Waals surface area contributed by atoms with Gasteiger partial charge in [-0.1, -0.05) is 13.3 Å². The van der Waals surface area contributed by atoms with Crippen molar-refractivity contribution in [3.63, 3.8) is 0 Å². The highest BCUT2D eigenvalue weighted by atomic mass is 16.5. The Hall–Kier alpha value is -1.10. The Morgan fingerprint density at radius 3 is 2.18 bits per heavy atom. The maximum absolute atomic E-state index is 11.7. The van der Waals surface area contributed by atoms with Crippen molar-refractivity contribution in [3.05, 3.63) is 0 Å². The molecule has 0 aromatic heterocycles. The second-order valence-electron chi connectivity index (χ2n) is 3.78. The smallest absolute Gasteiger partial charge is 0.323 e. The summed E-state index contributed by atoms with van der Waals surface area (Å²) < 4.78 is 9.83. The van der Waals surface area contributed by atoms with E-state index in [-0.39, 0.29) is 24.5 Å². The lowest BCUT2D eigenvalue weighted by molar-refractivity contribution is -0.152. The molecule has 5 heteroatoms. The monoisotopic (exact) mass is 245 g/mol. The first-order valence-corrected chi connectivity index (χ1v) is 6.09. The van der Waals surface area contributed by atoms with Gasteiger partial charge in [-0.2, -0.15) is 0 Å². The van der Waals surface area contributed by atoms with E-state index in [4.69, 9.17) is 9.47 Å². The molecule has 1 unspecified atom stereocenters. The first kappa shape index (κ1) is 15.9. The number of ether oxygens (including phenoxy) is 2. The zero-order valence-corrected chi connectivity index (χ0v) is 11.2. The van der Waals surface area contributed by atoms with E-state index in [0.29, 0.717) is 19.6 Å². The topological polar surface area (TPSA) is 55.8 Å². The van der Waals surface area contributed by atoms with Gasteiger partial charge in [-0.3, -0.25) is 14.5 Å². The molecule has 0 saturated carbocycles. The van der Waals surface area contributed by atoms with Crippen molar-refractivity contribution < 1.29 is 19.1 Å². The predicted molar refractivity (Wildman–Crippen MR) is 64.6 cm³/mol.